The van der Waals surface area contributed by atoms with Gasteiger partial charge in [-0.3, -0.25) is 4.79 Å². The third-order valence-electron chi connectivity index (χ3n) is 5.20. The number of carbonyl (C=O) groups excluding carboxylic acids is 2. The van der Waals surface area contributed by atoms with Crippen molar-refractivity contribution in [3.05, 3.63) is 62.6 Å². The predicted octanol–water partition coefficient (Wildman–Crippen LogP) is 3.98. The van der Waals surface area contributed by atoms with Gasteiger partial charge in [-0.15, -0.1) is 0 Å². The Hall–Kier alpha value is -2.08. The van der Waals surface area contributed by atoms with Crippen molar-refractivity contribution in [1.29, 1.82) is 0 Å². The molecule has 0 bridgehead atoms. The Kier molecular flexibility index (Phi) is 4.62. The van der Waals surface area contributed by atoms with E-state index in [4.69, 9.17) is 32.7 Å². The minimum absolute atomic E-state index is 0.145. The zero-order chi connectivity index (χ0) is 19.2. The van der Waals surface area contributed by atoms with Crippen molar-refractivity contribution in [3.63, 3.8) is 0 Å². The van der Waals surface area contributed by atoms with Crippen LogP contribution in [0.3, 0.4) is 0 Å². The molecule has 0 saturated carbocycles. The van der Waals surface area contributed by atoms with Crippen LogP contribution in [-0.4, -0.2) is 32.0 Å². The molecule has 2 aliphatic heterocycles. The third kappa shape index (κ3) is 2.81. The number of hydrogen-bond acceptors (Lipinski definition) is 5. The number of nitrogens with one attached hydrogen (secondary N) is 1. The second kappa shape index (κ2) is 6.82. The molecule has 27 heavy (non-hydrogen) atoms. The molecule has 1 spiro atoms. The van der Waals surface area contributed by atoms with E-state index in [-0.39, 0.29) is 26.7 Å². The first-order valence-electron chi connectivity index (χ1n) is 8.63. The topological polar surface area (TPSA) is 64.6 Å². The van der Waals surface area contributed by atoms with Crippen molar-refractivity contribution >= 4 is 35.0 Å². The molecule has 0 aliphatic carbocycles. The Morgan fingerprint density at radius 1 is 1.19 bits per heavy atom. The van der Waals surface area contributed by atoms with Gasteiger partial charge in [0, 0.05) is 24.0 Å². The van der Waals surface area contributed by atoms with Crippen molar-refractivity contribution in [2.24, 2.45) is 0 Å². The number of halogens is 2. The lowest BCUT2D eigenvalue weighted by Crippen LogP contribution is -2.40. The van der Waals surface area contributed by atoms with Gasteiger partial charge in [-0.1, -0.05) is 35.3 Å². The highest BCUT2D eigenvalue weighted by Crippen LogP contribution is 2.46. The van der Waals surface area contributed by atoms with Crippen molar-refractivity contribution in [3.8, 4) is 5.75 Å². The van der Waals surface area contributed by atoms with Gasteiger partial charge in [-0.2, -0.15) is 0 Å². The molecule has 0 atom stereocenters. The van der Waals surface area contributed by atoms with Crippen LogP contribution in [0.2, 0.25) is 10.0 Å². The minimum Gasteiger partial charge on any atom is -0.496 e. The molecule has 0 amide bonds. The number of fused-ring (bicyclic) bond motifs is 2. The Morgan fingerprint density at radius 2 is 1.93 bits per heavy atom. The second-order valence-corrected chi connectivity index (χ2v) is 7.41. The zero-order valence-electron chi connectivity index (χ0n) is 14.6. The van der Waals surface area contributed by atoms with Gasteiger partial charge in [0.05, 0.1) is 28.3 Å². The summed E-state index contributed by atoms with van der Waals surface area (Å²) in [6.45, 7) is 1.48. The van der Waals surface area contributed by atoms with Crippen LogP contribution in [0.15, 0.2) is 30.3 Å². The number of ether oxygens (including phenoxy) is 2. The number of benzene rings is 2. The van der Waals surface area contributed by atoms with Crippen LogP contribution in [0.25, 0.3) is 0 Å². The van der Waals surface area contributed by atoms with E-state index in [2.05, 4.69) is 5.32 Å². The number of carbonyl (C=O) groups is 2. The van der Waals surface area contributed by atoms with Gasteiger partial charge in [0.15, 0.2) is 5.78 Å². The van der Waals surface area contributed by atoms with Gasteiger partial charge < -0.3 is 14.8 Å². The van der Waals surface area contributed by atoms with Crippen LogP contribution in [0.5, 0.6) is 5.75 Å². The maximum atomic E-state index is 13.3. The van der Waals surface area contributed by atoms with Gasteiger partial charge in [-0.05, 0) is 31.3 Å². The van der Waals surface area contributed by atoms with Crippen molar-refractivity contribution in [2.45, 2.75) is 18.4 Å². The van der Waals surface area contributed by atoms with Gasteiger partial charge in [0.1, 0.15) is 11.4 Å². The van der Waals surface area contributed by atoms with Crippen LogP contribution in [-0.2, 0) is 10.3 Å². The van der Waals surface area contributed by atoms with Crippen LogP contribution >= 0.6 is 23.2 Å². The third-order valence-corrected chi connectivity index (χ3v) is 6.02. The normalized spacial score (nSPS) is 17.5. The molecule has 2 aromatic carbocycles. The van der Waals surface area contributed by atoms with Crippen LogP contribution in [0.1, 0.15) is 44.7 Å². The smallest absolute Gasteiger partial charge is 0.340 e. The first-order chi connectivity index (χ1) is 13.0. The Labute approximate surface area is 166 Å². The van der Waals surface area contributed by atoms with Crippen LogP contribution in [0.4, 0.5) is 0 Å². The molecule has 1 N–H and O–H groups in total. The summed E-state index contributed by atoms with van der Waals surface area (Å²) in [6, 6.07) is 8.35. The maximum Gasteiger partial charge on any atom is 0.340 e. The average Bonchev–Trinajstić information content (AvgIpc) is 2.94. The van der Waals surface area contributed by atoms with E-state index in [0.717, 1.165) is 18.7 Å². The molecule has 0 aromatic heterocycles. The van der Waals surface area contributed by atoms with Gasteiger partial charge in [0.25, 0.3) is 0 Å². The molecular weight excluding hydrogens is 389 g/mol. The molecule has 2 aliphatic rings. The van der Waals surface area contributed by atoms with E-state index in [9.17, 15) is 9.59 Å². The molecule has 2 aromatic rings. The van der Waals surface area contributed by atoms with E-state index in [0.29, 0.717) is 18.6 Å². The summed E-state index contributed by atoms with van der Waals surface area (Å²) in [5.41, 5.74) is 0.681. The summed E-state index contributed by atoms with van der Waals surface area (Å²) < 4.78 is 11.2. The quantitative estimate of drug-likeness (QED) is 0.617. The average molecular weight is 406 g/mol. The molecule has 0 radical (unpaired) electrons. The highest BCUT2D eigenvalue weighted by Gasteiger charge is 2.48. The van der Waals surface area contributed by atoms with E-state index >= 15 is 0 Å². The molecule has 5 nitrogen and oxygen atoms in total. The zero-order valence-corrected chi connectivity index (χ0v) is 16.1. The highest BCUT2D eigenvalue weighted by molar-refractivity contribution is 6.44. The van der Waals surface area contributed by atoms with Gasteiger partial charge in [0.2, 0.25) is 0 Å². The molecule has 1 fully saturated rings. The SMILES string of the molecule is COc1ccc2c(c1C(=O)c1cccc(Cl)c1Cl)C(=O)OC21CCNCC1. The van der Waals surface area contributed by atoms with Gasteiger partial charge in [-0.25, -0.2) is 4.79 Å². The molecular formula is C20H17Cl2NO4. The summed E-state index contributed by atoms with van der Waals surface area (Å²) in [4.78, 5) is 26.1. The summed E-state index contributed by atoms with van der Waals surface area (Å²) in [7, 11) is 1.46. The lowest BCUT2D eigenvalue weighted by molar-refractivity contribution is -0.0242. The Morgan fingerprint density at radius 3 is 2.63 bits per heavy atom. The number of hydrogen-bond donors (Lipinski definition) is 1. The fourth-order valence-corrected chi connectivity index (χ4v) is 4.26. The summed E-state index contributed by atoms with van der Waals surface area (Å²) in [6.07, 6.45) is 1.31. The fourth-order valence-electron chi connectivity index (χ4n) is 3.87. The first kappa shape index (κ1) is 18.3. The van der Waals surface area contributed by atoms with Crippen molar-refractivity contribution in [2.75, 3.05) is 20.2 Å². The second-order valence-electron chi connectivity index (χ2n) is 6.63. The number of piperidine rings is 1. The number of ketones is 1. The molecule has 2 heterocycles. The first-order valence-corrected chi connectivity index (χ1v) is 9.38. The molecule has 4 rings (SSSR count). The Balaban J connectivity index is 1.92. The van der Waals surface area contributed by atoms with Crippen LogP contribution < -0.4 is 10.1 Å². The monoisotopic (exact) mass is 405 g/mol. The fraction of sp³-hybridized carbons (Fsp3) is 0.300. The molecule has 140 valence electrons. The molecule has 0 unspecified atom stereocenters. The lowest BCUT2D eigenvalue weighted by atomic mass is 9.82. The largest absolute Gasteiger partial charge is 0.496 e. The van der Waals surface area contributed by atoms with E-state index in [1.54, 1.807) is 24.3 Å². The highest BCUT2D eigenvalue weighted by atomic mass is 35.5. The molecule has 7 heteroatoms. The van der Waals surface area contributed by atoms with E-state index < -0.39 is 17.4 Å². The van der Waals surface area contributed by atoms with Crippen molar-refractivity contribution < 1.29 is 19.1 Å². The summed E-state index contributed by atoms with van der Waals surface area (Å²) in [5, 5.41) is 3.68. The Bertz CT molecular complexity index is 951. The lowest BCUT2D eigenvalue weighted by Gasteiger charge is -2.33. The standard InChI is InChI=1S/C20H17Cl2NO4/c1-26-14-6-5-12-15(19(25)27-20(12)7-9-23-10-8-20)16(14)18(24)11-3-2-4-13(21)17(11)22/h2-6,23H,7-10H2,1H3. The number of methoxy groups -OCH3 is 1. The molecule has 1 saturated heterocycles. The van der Waals surface area contributed by atoms with Crippen molar-refractivity contribution in [1.82, 2.24) is 5.32 Å². The minimum atomic E-state index is -0.697. The summed E-state index contributed by atoms with van der Waals surface area (Å²) >= 11 is 12.3. The summed E-state index contributed by atoms with van der Waals surface area (Å²) in [5.74, 6) is -0.621. The van der Waals surface area contributed by atoms with Gasteiger partial charge >= 0.3 is 5.97 Å². The van der Waals surface area contributed by atoms with E-state index in [1.807, 2.05) is 6.07 Å². The number of rotatable bonds is 3. The maximum absolute atomic E-state index is 13.3. The van der Waals surface area contributed by atoms with E-state index in [1.165, 1.54) is 7.11 Å². The number of esters is 1. The predicted molar refractivity (Wildman–Crippen MR) is 102 cm³/mol. The van der Waals surface area contributed by atoms with Crippen LogP contribution in [0, 0.1) is 0 Å².